The van der Waals surface area contributed by atoms with Crippen molar-refractivity contribution in [3.05, 3.63) is 41.5 Å². The molecule has 3 heterocycles. The van der Waals surface area contributed by atoms with Gasteiger partial charge in [0, 0.05) is 24.5 Å². The van der Waals surface area contributed by atoms with E-state index in [0.29, 0.717) is 16.8 Å². The van der Waals surface area contributed by atoms with E-state index in [1.165, 1.54) is 17.3 Å². The molecule has 3 aromatic heterocycles. The van der Waals surface area contributed by atoms with E-state index in [9.17, 15) is 5.11 Å². The van der Waals surface area contributed by atoms with Crippen LogP contribution in [-0.4, -0.2) is 34.8 Å². The summed E-state index contributed by atoms with van der Waals surface area (Å²) in [6.07, 6.45) is 4.77. The summed E-state index contributed by atoms with van der Waals surface area (Å²) in [5.74, 6) is 1.18. The van der Waals surface area contributed by atoms with Crippen molar-refractivity contribution in [3.8, 4) is 11.5 Å². The molecule has 1 N–H and O–H groups in total. The van der Waals surface area contributed by atoms with Gasteiger partial charge in [0.1, 0.15) is 17.3 Å². The lowest BCUT2D eigenvalue weighted by molar-refractivity contribution is 0.266. The molecule has 3 aromatic rings. The SMILES string of the molecule is Cn1c(CO)nnc1Sc1nc(-c2ccccn2)nc2c1CCC2. The Bertz CT molecular complexity index is 880. The van der Waals surface area contributed by atoms with Gasteiger partial charge in [-0.05, 0) is 43.2 Å². The molecule has 0 unspecified atom stereocenters. The third-order valence-electron chi connectivity index (χ3n) is 4.04. The summed E-state index contributed by atoms with van der Waals surface area (Å²) in [7, 11) is 1.84. The molecule has 0 saturated heterocycles. The van der Waals surface area contributed by atoms with Crippen molar-refractivity contribution in [2.24, 2.45) is 7.05 Å². The molecule has 0 bridgehead atoms. The lowest BCUT2D eigenvalue weighted by Crippen LogP contribution is -2.02. The monoisotopic (exact) mass is 340 g/mol. The first-order valence-electron chi connectivity index (χ1n) is 7.74. The molecular formula is C16H16N6OS. The molecule has 0 amide bonds. The average Bonchev–Trinajstić information content (AvgIpc) is 3.23. The van der Waals surface area contributed by atoms with E-state index in [4.69, 9.17) is 9.97 Å². The number of aromatic nitrogens is 6. The van der Waals surface area contributed by atoms with Crippen LogP contribution in [0.3, 0.4) is 0 Å². The Morgan fingerprint density at radius 3 is 2.88 bits per heavy atom. The van der Waals surface area contributed by atoms with Gasteiger partial charge >= 0.3 is 0 Å². The standard InChI is InChI=1S/C16H16N6OS/c1-22-13(9-23)20-21-16(22)24-15-10-5-4-7-11(10)18-14(19-15)12-6-2-3-8-17-12/h2-3,6,8,23H,4-5,7,9H2,1H3. The van der Waals surface area contributed by atoms with E-state index < -0.39 is 0 Å². The zero-order valence-corrected chi connectivity index (χ0v) is 14.0. The first-order chi connectivity index (χ1) is 11.8. The minimum absolute atomic E-state index is 0.134. The number of hydrogen-bond donors (Lipinski definition) is 1. The van der Waals surface area contributed by atoms with Gasteiger partial charge in [0.25, 0.3) is 0 Å². The Morgan fingerprint density at radius 1 is 1.21 bits per heavy atom. The highest BCUT2D eigenvalue weighted by atomic mass is 32.2. The van der Waals surface area contributed by atoms with Gasteiger partial charge in [0.2, 0.25) is 0 Å². The van der Waals surface area contributed by atoms with Crippen molar-refractivity contribution >= 4 is 11.8 Å². The molecule has 1 aliphatic carbocycles. The zero-order chi connectivity index (χ0) is 16.5. The van der Waals surface area contributed by atoms with Gasteiger partial charge in [-0.15, -0.1) is 10.2 Å². The molecule has 0 radical (unpaired) electrons. The predicted molar refractivity (Wildman–Crippen MR) is 88.3 cm³/mol. The maximum absolute atomic E-state index is 9.28. The lowest BCUT2D eigenvalue weighted by Gasteiger charge is -2.09. The number of nitrogens with zero attached hydrogens (tertiary/aromatic N) is 6. The Hall–Kier alpha value is -2.32. The van der Waals surface area contributed by atoms with Gasteiger partial charge < -0.3 is 9.67 Å². The fraction of sp³-hybridized carbons (Fsp3) is 0.312. The minimum atomic E-state index is -0.134. The molecule has 8 heteroatoms. The summed E-state index contributed by atoms with van der Waals surface area (Å²) in [5.41, 5.74) is 3.05. The lowest BCUT2D eigenvalue weighted by atomic mass is 10.2. The van der Waals surface area contributed by atoms with E-state index in [1.807, 2.05) is 25.2 Å². The maximum atomic E-state index is 9.28. The van der Waals surface area contributed by atoms with Crippen LogP contribution in [0.4, 0.5) is 0 Å². The number of pyridine rings is 1. The second kappa shape index (κ2) is 6.29. The minimum Gasteiger partial charge on any atom is -0.388 e. The second-order valence-corrected chi connectivity index (χ2v) is 6.52. The van der Waals surface area contributed by atoms with Gasteiger partial charge in [0.05, 0.1) is 0 Å². The fourth-order valence-corrected chi connectivity index (χ4v) is 3.72. The highest BCUT2D eigenvalue weighted by Gasteiger charge is 2.22. The third-order valence-corrected chi connectivity index (χ3v) is 5.11. The normalized spacial score (nSPS) is 13.2. The summed E-state index contributed by atoms with van der Waals surface area (Å²) in [6, 6.07) is 5.72. The fourth-order valence-electron chi connectivity index (χ4n) is 2.75. The summed E-state index contributed by atoms with van der Waals surface area (Å²) >= 11 is 1.46. The summed E-state index contributed by atoms with van der Waals surface area (Å²) in [4.78, 5) is 13.8. The van der Waals surface area contributed by atoms with Crippen LogP contribution in [-0.2, 0) is 26.5 Å². The van der Waals surface area contributed by atoms with Crippen LogP contribution in [0.5, 0.6) is 0 Å². The Labute approximate surface area is 143 Å². The molecule has 0 spiro atoms. The van der Waals surface area contributed by atoms with Crippen molar-refractivity contribution in [3.63, 3.8) is 0 Å². The molecule has 122 valence electrons. The van der Waals surface area contributed by atoms with Crippen LogP contribution >= 0.6 is 11.8 Å². The van der Waals surface area contributed by atoms with Gasteiger partial charge in [0.15, 0.2) is 16.8 Å². The molecule has 4 rings (SSSR count). The van der Waals surface area contributed by atoms with Crippen LogP contribution < -0.4 is 0 Å². The highest BCUT2D eigenvalue weighted by Crippen LogP contribution is 2.34. The van der Waals surface area contributed by atoms with Crippen molar-refractivity contribution in [2.75, 3.05) is 0 Å². The third kappa shape index (κ3) is 2.67. The number of fused-ring (bicyclic) bond motifs is 1. The second-order valence-electron chi connectivity index (χ2n) is 5.56. The van der Waals surface area contributed by atoms with Crippen molar-refractivity contribution in [2.45, 2.75) is 36.1 Å². The highest BCUT2D eigenvalue weighted by molar-refractivity contribution is 7.99. The van der Waals surface area contributed by atoms with Crippen molar-refractivity contribution in [1.82, 2.24) is 29.7 Å². The largest absolute Gasteiger partial charge is 0.388 e. The number of rotatable bonds is 4. The Morgan fingerprint density at radius 2 is 2.12 bits per heavy atom. The zero-order valence-electron chi connectivity index (χ0n) is 13.2. The number of hydrogen-bond acceptors (Lipinski definition) is 7. The molecule has 0 saturated carbocycles. The molecule has 0 aliphatic heterocycles. The van der Waals surface area contributed by atoms with Gasteiger partial charge in [-0.1, -0.05) is 6.07 Å². The number of aliphatic hydroxyl groups excluding tert-OH is 1. The van der Waals surface area contributed by atoms with Gasteiger partial charge in [-0.25, -0.2) is 9.97 Å². The van der Waals surface area contributed by atoms with Crippen LogP contribution in [0.2, 0.25) is 0 Å². The van der Waals surface area contributed by atoms with E-state index in [2.05, 4.69) is 15.2 Å². The molecule has 0 atom stereocenters. The van der Waals surface area contributed by atoms with Crippen LogP contribution in [0.25, 0.3) is 11.5 Å². The van der Waals surface area contributed by atoms with E-state index in [-0.39, 0.29) is 6.61 Å². The molecule has 7 nitrogen and oxygen atoms in total. The quantitative estimate of drug-likeness (QED) is 0.724. The number of aliphatic hydroxyl groups is 1. The topological polar surface area (TPSA) is 89.6 Å². The first kappa shape index (κ1) is 15.2. The van der Waals surface area contributed by atoms with Crippen LogP contribution in [0.15, 0.2) is 34.6 Å². The average molecular weight is 340 g/mol. The van der Waals surface area contributed by atoms with E-state index in [1.54, 1.807) is 10.8 Å². The first-order valence-corrected chi connectivity index (χ1v) is 8.56. The van der Waals surface area contributed by atoms with Gasteiger partial charge in [-0.3, -0.25) is 4.98 Å². The molecular weight excluding hydrogens is 324 g/mol. The smallest absolute Gasteiger partial charge is 0.197 e. The summed E-state index contributed by atoms with van der Waals surface area (Å²) < 4.78 is 1.79. The van der Waals surface area contributed by atoms with Crippen molar-refractivity contribution in [1.29, 1.82) is 0 Å². The van der Waals surface area contributed by atoms with Crippen LogP contribution in [0, 0.1) is 0 Å². The molecule has 0 aromatic carbocycles. The molecule has 1 aliphatic rings. The van der Waals surface area contributed by atoms with Crippen LogP contribution in [0.1, 0.15) is 23.5 Å². The Balaban J connectivity index is 1.77. The summed E-state index contributed by atoms with van der Waals surface area (Å²) in [6.45, 7) is -0.134. The maximum Gasteiger partial charge on any atom is 0.197 e. The summed E-state index contributed by atoms with van der Waals surface area (Å²) in [5, 5.41) is 19.0. The number of aryl methyl sites for hydroxylation is 1. The predicted octanol–water partition coefficient (Wildman–Crippen LogP) is 1.80. The van der Waals surface area contributed by atoms with E-state index >= 15 is 0 Å². The van der Waals surface area contributed by atoms with E-state index in [0.717, 1.165) is 35.7 Å². The van der Waals surface area contributed by atoms with Crippen molar-refractivity contribution < 1.29 is 5.11 Å². The Kier molecular flexibility index (Phi) is 3.99. The van der Waals surface area contributed by atoms with Gasteiger partial charge in [-0.2, -0.15) is 0 Å². The molecule has 24 heavy (non-hydrogen) atoms. The molecule has 0 fully saturated rings.